The molecule has 3 atom stereocenters. The van der Waals surface area contributed by atoms with Crippen molar-refractivity contribution in [3.05, 3.63) is 58.9 Å². The summed E-state index contributed by atoms with van der Waals surface area (Å²) in [6.07, 6.45) is -0.151. The first-order chi connectivity index (χ1) is 16.2. The van der Waals surface area contributed by atoms with Crippen molar-refractivity contribution in [2.45, 2.75) is 58.7 Å². The third-order valence-electron chi connectivity index (χ3n) is 5.77. The monoisotopic (exact) mass is 507 g/mol. The van der Waals surface area contributed by atoms with Gasteiger partial charge in [0.05, 0.1) is 29.6 Å². The van der Waals surface area contributed by atoms with Gasteiger partial charge in [-0.3, -0.25) is 9.52 Å². The molecule has 10 heteroatoms. The Bertz CT molecular complexity index is 1180. The molecule has 1 aliphatic heterocycles. The zero-order chi connectivity index (χ0) is 26.0. The van der Waals surface area contributed by atoms with E-state index in [2.05, 4.69) is 36.1 Å². The van der Waals surface area contributed by atoms with E-state index >= 15 is 0 Å². The smallest absolute Gasteiger partial charge is 0.234 e. The van der Waals surface area contributed by atoms with Crippen molar-refractivity contribution in [3.63, 3.8) is 0 Å². The van der Waals surface area contributed by atoms with Crippen LogP contribution < -0.4 is 15.4 Å². The predicted molar refractivity (Wildman–Crippen MR) is 133 cm³/mol. The molecule has 0 bridgehead atoms. The molecule has 3 rings (SSSR count). The summed E-state index contributed by atoms with van der Waals surface area (Å²) >= 11 is 0. The van der Waals surface area contributed by atoms with Crippen molar-refractivity contribution in [1.82, 2.24) is 10.6 Å². The minimum atomic E-state index is -3.57. The number of benzene rings is 2. The molecule has 0 saturated carbocycles. The number of aliphatic hydroxyl groups is 1. The van der Waals surface area contributed by atoms with Gasteiger partial charge in [0.1, 0.15) is 0 Å². The molecule has 2 aromatic rings. The molecule has 0 aromatic heterocycles. The van der Waals surface area contributed by atoms with Gasteiger partial charge in [-0.1, -0.05) is 39.0 Å². The number of halogens is 1. The molecule has 1 aliphatic rings. The lowest BCUT2D eigenvalue weighted by atomic mass is 9.87. The van der Waals surface area contributed by atoms with Crippen LogP contribution in [-0.4, -0.2) is 49.0 Å². The maximum atomic E-state index is 13.8. The van der Waals surface area contributed by atoms with Gasteiger partial charge in [0, 0.05) is 13.5 Å². The van der Waals surface area contributed by atoms with E-state index in [1.165, 1.54) is 19.1 Å². The van der Waals surface area contributed by atoms with Crippen LogP contribution in [0, 0.1) is 11.2 Å². The van der Waals surface area contributed by atoms with Crippen molar-refractivity contribution >= 4 is 21.6 Å². The topological polar surface area (TPSA) is 128 Å². The third-order valence-corrected chi connectivity index (χ3v) is 7.07. The highest BCUT2D eigenvalue weighted by molar-refractivity contribution is 7.92. The van der Waals surface area contributed by atoms with Crippen LogP contribution in [0.1, 0.15) is 50.4 Å². The van der Waals surface area contributed by atoms with Crippen LogP contribution in [0.3, 0.4) is 0 Å². The number of nitrogens with one attached hydrogen (secondary N) is 3. The largest absolute Gasteiger partial charge is 0.505 e. The van der Waals surface area contributed by atoms with E-state index in [0.717, 1.165) is 23.6 Å². The second-order valence-corrected chi connectivity index (χ2v) is 12.1. The number of anilines is 1. The fourth-order valence-electron chi connectivity index (χ4n) is 4.28. The summed E-state index contributed by atoms with van der Waals surface area (Å²) in [5, 5.41) is 26.1. The molecule has 35 heavy (non-hydrogen) atoms. The summed E-state index contributed by atoms with van der Waals surface area (Å²) in [5.41, 5.74) is 2.92. The van der Waals surface area contributed by atoms with Gasteiger partial charge in [-0.2, -0.15) is 0 Å². The summed E-state index contributed by atoms with van der Waals surface area (Å²) < 4.78 is 41.2. The van der Waals surface area contributed by atoms with E-state index in [4.69, 9.17) is 0 Å². The van der Waals surface area contributed by atoms with E-state index in [0.29, 0.717) is 11.3 Å². The second kappa shape index (κ2) is 10.5. The first-order valence-electron chi connectivity index (χ1n) is 11.5. The third kappa shape index (κ3) is 7.65. The first-order valence-corrected chi connectivity index (χ1v) is 13.2. The summed E-state index contributed by atoms with van der Waals surface area (Å²) in [7, 11) is -3.57. The number of rotatable bonds is 8. The molecule has 3 unspecified atom stereocenters. The van der Waals surface area contributed by atoms with Gasteiger partial charge < -0.3 is 20.8 Å². The average molecular weight is 508 g/mol. The minimum Gasteiger partial charge on any atom is -0.505 e. The number of carbonyl (C=O) groups excluding carboxylic acids is 1. The molecule has 8 nitrogen and oxygen atoms in total. The summed E-state index contributed by atoms with van der Waals surface area (Å²) in [5.74, 6) is -1.84. The molecule has 0 fully saturated rings. The molecular formula is C25H34FN3O5S. The molecule has 2 aromatic carbocycles. The number of amides is 1. The van der Waals surface area contributed by atoms with Crippen molar-refractivity contribution in [2.24, 2.45) is 5.41 Å². The maximum Gasteiger partial charge on any atom is 0.234 e. The fourth-order valence-corrected chi connectivity index (χ4v) is 5.62. The summed E-state index contributed by atoms with van der Waals surface area (Å²) in [4.78, 5) is 11.7. The first kappa shape index (κ1) is 26.9. The van der Waals surface area contributed by atoms with Gasteiger partial charge in [0.25, 0.3) is 0 Å². The molecule has 0 spiro atoms. The Balaban J connectivity index is 1.78. The lowest BCUT2D eigenvalue weighted by Gasteiger charge is -2.31. The van der Waals surface area contributed by atoms with Crippen molar-refractivity contribution in [2.75, 3.05) is 17.0 Å². The Hall–Kier alpha value is -2.69. The van der Waals surface area contributed by atoms with Crippen molar-refractivity contribution in [3.8, 4) is 5.75 Å². The Morgan fingerprint density at radius 2 is 1.89 bits per heavy atom. The zero-order valence-electron chi connectivity index (χ0n) is 20.4. The minimum absolute atomic E-state index is 0.00532. The van der Waals surface area contributed by atoms with E-state index in [-0.39, 0.29) is 30.0 Å². The van der Waals surface area contributed by atoms with Gasteiger partial charge in [0.2, 0.25) is 15.9 Å². The number of hydrogen-bond acceptors (Lipinski definition) is 6. The van der Waals surface area contributed by atoms with E-state index in [9.17, 15) is 27.8 Å². The maximum absolute atomic E-state index is 13.8. The van der Waals surface area contributed by atoms with Crippen LogP contribution in [0.5, 0.6) is 5.75 Å². The van der Waals surface area contributed by atoms with Crippen LogP contribution in [0.15, 0.2) is 36.4 Å². The Morgan fingerprint density at radius 1 is 1.20 bits per heavy atom. The number of phenolic OH excluding ortho intramolecular Hbond substituents is 1. The normalized spacial score (nSPS) is 18.7. The van der Waals surface area contributed by atoms with Gasteiger partial charge in [0.15, 0.2) is 11.6 Å². The van der Waals surface area contributed by atoms with E-state index < -0.39 is 39.8 Å². The van der Waals surface area contributed by atoms with Gasteiger partial charge in [-0.25, -0.2) is 12.8 Å². The zero-order valence-corrected chi connectivity index (χ0v) is 21.2. The lowest BCUT2D eigenvalue weighted by molar-refractivity contribution is -0.120. The van der Waals surface area contributed by atoms with Gasteiger partial charge >= 0.3 is 0 Å². The SMILES string of the molecule is CC(=O)NC(Cc1ccc(O)c(F)c1)C(O)CNC1CS(=O)(=O)Nc2ccc(CC(C)(C)C)cc21. The van der Waals surface area contributed by atoms with Gasteiger partial charge in [-0.05, 0) is 53.1 Å². The number of carbonyl (C=O) groups is 1. The van der Waals surface area contributed by atoms with E-state index in [1.807, 2.05) is 12.1 Å². The molecule has 1 heterocycles. The quantitative estimate of drug-likeness (QED) is 0.374. The van der Waals surface area contributed by atoms with Crippen LogP contribution in [0.25, 0.3) is 0 Å². The van der Waals surface area contributed by atoms with Crippen LogP contribution >= 0.6 is 0 Å². The highest BCUT2D eigenvalue weighted by atomic mass is 32.2. The average Bonchev–Trinajstić information content (AvgIpc) is 2.72. The summed E-state index contributed by atoms with van der Waals surface area (Å²) in [6, 6.07) is 8.22. The molecule has 0 saturated heterocycles. The number of hydrogen-bond donors (Lipinski definition) is 5. The predicted octanol–water partition coefficient (Wildman–Crippen LogP) is 2.61. The molecule has 0 aliphatic carbocycles. The van der Waals surface area contributed by atoms with Gasteiger partial charge in [-0.15, -0.1) is 0 Å². The Labute approximate surface area is 206 Å². The standard InChI is InChI=1S/C25H34FN3O5S/c1-15(30)28-21(11-16-6-8-23(31)19(26)10-16)24(32)13-27-22-14-35(33,34)29-20-7-5-17(9-18(20)22)12-25(2,3)4/h5-10,21-22,24,27,29,31-32H,11-14H2,1-4H3,(H,28,30). The highest BCUT2D eigenvalue weighted by Gasteiger charge is 2.31. The lowest BCUT2D eigenvalue weighted by Crippen LogP contribution is -2.49. The molecule has 1 amide bonds. The molecular weight excluding hydrogens is 473 g/mol. The number of sulfonamides is 1. The Kier molecular flexibility index (Phi) is 8.08. The molecule has 0 radical (unpaired) electrons. The Morgan fingerprint density at radius 3 is 2.51 bits per heavy atom. The number of aromatic hydroxyl groups is 1. The number of phenols is 1. The second-order valence-electron chi connectivity index (χ2n) is 10.4. The number of fused-ring (bicyclic) bond motifs is 1. The van der Waals surface area contributed by atoms with Crippen LogP contribution in [0.2, 0.25) is 0 Å². The molecule has 192 valence electrons. The highest BCUT2D eigenvalue weighted by Crippen LogP contribution is 2.33. The number of aliphatic hydroxyl groups excluding tert-OH is 1. The molecule has 5 N–H and O–H groups in total. The van der Waals surface area contributed by atoms with Crippen LogP contribution in [-0.2, 0) is 27.7 Å². The van der Waals surface area contributed by atoms with Crippen LogP contribution in [0.4, 0.5) is 10.1 Å². The van der Waals surface area contributed by atoms with Crippen molar-refractivity contribution < 1.29 is 27.8 Å². The summed E-state index contributed by atoms with van der Waals surface area (Å²) in [6.45, 7) is 7.70. The van der Waals surface area contributed by atoms with Crippen molar-refractivity contribution in [1.29, 1.82) is 0 Å². The van der Waals surface area contributed by atoms with E-state index in [1.54, 1.807) is 6.07 Å². The fraction of sp³-hybridized carbons (Fsp3) is 0.480.